The maximum Gasteiger partial charge on any atom is 0.573 e. The minimum atomic E-state index is -4.98. The summed E-state index contributed by atoms with van der Waals surface area (Å²) in [7, 11) is -4.38. The Morgan fingerprint density at radius 3 is 2.29 bits per heavy atom. The molecule has 11 heteroatoms. The van der Waals surface area contributed by atoms with Gasteiger partial charge in [-0.2, -0.15) is 0 Å². The number of phenols is 2. The molecule has 0 saturated carbocycles. The Balaban J connectivity index is 2.39. The lowest BCUT2D eigenvalue weighted by atomic mass is 10.3. The molecule has 0 spiro atoms. The smallest absolute Gasteiger partial charge is 0.507 e. The van der Waals surface area contributed by atoms with E-state index in [1.54, 1.807) is 0 Å². The van der Waals surface area contributed by atoms with Crippen LogP contribution in [0.2, 0.25) is 0 Å². The van der Waals surface area contributed by atoms with Crippen LogP contribution in [0, 0.1) is 0 Å². The minimum Gasteiger partial charge on any atom is -0.507 e. The van der Waals surface area contributed by atoms with Crippen LogP contribution in [0.25, 0.3) is 0 Å². The number of alkyl halides is 3. The van der Waals surface area contributed by atoms with E-state index in [0.29, 0.717) is 10.5 Å². The molecule has 24 heavy (non-hydrogen) atoms. The first kappa shape index (κ1) is 18.2. The van der Waals surface area contributed by atoms with Crippen molar-refractivity contribution in [3.8, 4) is 17.2 Å². The third-order valence-electron chi connectivity index (χ3n) is 2.66. The third kappa shape index (κ3) is 4.45. The van der Waals surface area contributed by atoms with Crippen molar-refractivity contribution in [2.45, 2.75) is 11.3 Å². The largest absolute Gasteiger partial charge is 0.573 e. The second kappa shape index (κ2) is 6.40. The fourth-order valence-electron chi connectivity index (χ4n) is 1.70. The van der Waals surface area contributed by atoms with Crippen molar-refractivity contribution in [2.24, 2.45) is 0 Å². The molecule has 0 unspecified atom stereocenters. The van der Waals surface area contributed by atoms with Crippen molar-refractivity contribution in [1.82, 2.24) is 0 Å². The Morgan fingerprint density at radius 2 is 1.67 bits per heavy atom. The van der Waals surface area contributed by atoms with Gasteiger partial charge in [-0.05, 0) is 30.3 Å². The molecular weight excluding hydrogens is 419 g/mol. The number of nitrogens with one attached hydrogen (secondary N) is 1. The lowest BCUT2D eigenvalue weighted by Crippen LogP contribution is -2.17. The van der Waals surface area contributed by atoms with Crippen LogP contribution in [-0.2, 0) is 10.0 Å². The molecule has 0 aliphatic carbocycles. The number of rotatable bonds is 4. The number of hydrogen-bond donors (Lipinski definition) is 3. The van der Waals surface area contributed by atoms with Gasteiger partial charge in [-0.25, -0.2) is 8.42 Å². The molecule has 0 heterocycles. The number of halogens is 4. The van der Waals surface area contributed by atoms with Crippen LogP contribution >= 0.6 is 15.9 Å². The van der Waals surface area contributed by atoms with Gasteiger partial charge in [-0.3, -0.25) is 4.72 Å². The Hall–Kier alpha value is -2.14. The van der Waals surface area contributed by atoms with Gasteiger partial charge in [0.1, 0.15) is 22.1 Å². The maximum absolute atomic E-state index is 12.3. The highest BCUT2D eigenvalue weighted by Gasteiger charge is 2.31. The van der Waals surface area contributed by atoms with Gasteiger partial charge < -0.3 is 14.9 Å². The van der Waals surface area contributed by atoms with Gasteiger partial charge in [0.2, 0.25) is 0 Å². The lowest BCUT2D eigenvalue weighted by molar-refractivity contribution is -0.274. The van der Waals surface area contributed by atoms with Crippen LogP contribution < -0.4 is 9.46 Å². The summed E-state index contributed by atoms with van der Waals surface area (Å²) < 4.78 is 67.0. The van der Waals surface area contributed by atoms with Crippen molar-refractivity contribution in [1.29, 1.82) is 0 Å². The van der Waals surface area contributed by atoms with E-state index in [1.807, 2.05) is 4.72 Å². The molecule has 2 aromatic rings. The summed E-state index contributed by atoms with van der Waals surface area (Å²) in [5.74, 6) is -1.92. The van der Waals surface area contributed by atoms with Gasteiger partial charge in [0, 0.05) is 10.5 Å². The zero-order valence-electron chi connectivity index (χ0n) is 11.5. The molecule has 0 fully saturated rings. The molecule has 130 valence electrons. The topological polar surface area (TPSA) is 95.9 Å². The van der Waals surface area contributed by atoms with E-state index in [0.717, 1.165) is 24.3 Å². The second-order valence-electron chi connectivity index (χ2n) is 4.44. The van der Waals surface area contributed by atoms with E-state index < -0.39 is 44.2 Å². The summed E-state index contributed by atoms with van der Waals surface area (Å²) in [6, 6.07) is 5.91. The molecule has 0 saturated heterocycles. The maximum atomic E-state index is 12.3. The van der Waals surface area contributed by atoms with Gasteiger partial charge in [0.25, 0.3) is 10.0 Å². The predicted octanol–water partition coefficient (Wildman–Crippen LogP) is 3.56. The SMILES string of the molecule is O=S(=O)(Nc1cc(OC(F)(F)F)ccc1O)c1cc(Br)ccc1O. The quantitative estimate of drug-likeness (QED) is 0.648. The molecule has 0 aromatic heterocycles. The van der Waals surface area contributed by atoms with Crippen LogP contribution in [0.3, 0.4) is 0 Å². The van der Waals surface area contributed by atoms with E-state index in [-0.39, 0.29) is 0 Å². The number of sulfonamides is 1. The normalized spacial score (nSPS) is 12.0. The monoisotopic (exact) mass is 427 g/mol. The Morgan fingerprint density at radius 1 is 1.04 bits per heavy atom. The molecule has 3 N–H and O–H groups in total. The van der Waals surface area contributed by atoms with Crippen LogP contribution in [0.4, 0.5) is 18.9 Å². The fourth-order valence-corrected chi connectivity index (χ4v) is 3.40. The van der Waals surface area contributed by atoms with Crippen LogP contribution in [0.5, 0.6) is 17.2 Å². The zero-order chi connectivity index (χ0) is 18.1. The Labute approximate surface area is 142 Å². The average molecular weight is 428 g/mol. The molecule has 0 amide bonds. The number of hydrogen-bond acceptors (Lipinski definition) is 5. The van der Waals surface area contributed by atoms with E-state index >= 15 is 0 Å². The van der Waals surface area contributed by atoms with E-state index in [1.165, 1.54) is 6.07 Å². The van der Waals surface area contributed by atoms with Crippen molar-refractivity contribution in [3.63, 3.8) is 0 Å². The lowest BCUT2D eigenvalue weighted by Gasteiger charge is -2.13. The Kier molecular flexibility index (Phi) is 4.85. The van der Waals surface area contributed by atoms with Gasteiger partial charge in [0.15, 0.2) is 0 Å². The number of phenolic OH excluding ortho intramolecular Hbond substituents is 2. The van der Waals surface area contributed by atoms with Crippen LogP contribution in [0.1, 0.15) is 0 Å². The van der Waals surface area contributed by atoms with E-state index in [9.17, 15) is 31.8 Å². The first-order chi connectivity index (χ1) is 11.0. The summed E-state index contributed by atoms with van der Waals surface area (Å²) in [5, 5.41) is 19.3. The standard InChI is InChI=1S/C13H9BrF3NO5S/c14-7-1-3-11(20)12(5-7)24(21,22)18-9-6-8(2-4-10(9)19)23-13(15,16)17/h1-6,18-20H. The van der Waals surface area contributed by atoms with E-state index in [4.69, 9.17) is 0 Å². The van der Waals surface area contributed by atoms with Gasteiger partial charge in [0.05, 0.1) is 5.69 Å². The molecule has 0 bridgehead atoms. The first-order valence-corrected chi connectivity index (χ1v) is 8.36. The molecule has 0 atom stereocenters. The number of ether oxygens (including phenoxy) is 1. The van der Waals surface area contributed by atoms with Crippen molar-refractivity contribution in [3.05, 3.63) is 40.9 Å². The van der Waals surface area contributed by atoms with E-state index in [2.05, 4.69) is 20.7 Å². The number of anilines is 1. The van der Waals surface area contributed by atoms with Gasteiger partial charge >= 0.3 is 6.36 Å². The number of benzene rings is 2. The predicted molar refractivity (Wildman–Crippen MR) is 81.4 cm³/mol. The van der Waals surface area contributed by atoms with Crippen molar-refractivity contribution < 1.29 is 36.5 Å². The van der Waals surface area contributed by atoms with Crippen LogP contribution in [0.15, 0.2) is 45.8 Å². The molecule has 2 rings (SSSR count). The second-order valence-corrected chi connectivity index (χ2v) is 7.01. The minimum absolute atomic E-state index is 0.346. The third-order valence-corrected chi connectivity index (χ3v) is 4.55. The molecular formula is C13H9BrF3NO5S. The summed E-state index contributed by atoms with van der Waals surface area (Å²) in [4.78, 5) is -0.529. The highest BCUT2D eigenvalue weighted by molar-refractivity contribution is 9.10. The van der Waals surface area contributed by atoms with Gasteiger partial charge in [-0.1, -0.05) is 15.9 Å². The van der Waals surface area contributed by atoms with Crippen molar-refractivity contribution in [2.75, 3.05) is 4.72 Å². The van der Waals surface area contributed by atoms with Crippen molar-refractivity contribution >= 4 is 31.6 Å². The molecule has 0 aliphatic heterocycles. The highest BCUT2D eigenvalue weighted by atomic mass is 79.9. The Bertz CT molecular complexity index is 870. The average Bonchev–Trinajstić information content (AvgIpc) is 2.43. The van der Waals surface area contributed by atoms with Crippen LogP contribution in [-0.4, -0.2) is 25.0 Å². The molecule has 6 nitrogen and oxygen atoms in total. The molecule has 0 aliphatic rings. The summed E-state index contributed by atoms with van der Waals surface area (Å²) in [6.07, 6.45) is -4.98. The zero-order valence-corrected chi connectivity index (χ0v) is 13.9. The fraction of sp³-hybridized carbons (Fsp3) is 0.0769. The first-order valence-electron chi connectivity index (χ1n) is 6.08. The summed E-state index contributed by atoms with van der Waals surface area (Å²) in [6.45, 7) is 0. The summed E-state index contributed by atoms with van der Waals surface area (Å²) in [5.41, 5.74) is -0.545. The highest BCUT2D eigenvalue weighted by Crippen LogP contribution is 2.34. The number of aromatic hydroxyl groups is 2. The summed E-state index contributed by atoms with van der Waals surface area (Å²) >= 11 is 3.04. The molecule has 2 aromatic carbocycles. The molecule has 0 radical (unpaired) electrons. The van der Waals surface area contributed by atoms with Gasteiger partial charge in [-0.15, -0.1) is 13.2 Å².